The lowest BCUT2D eigenvalue weighted by atomic mass is 9.73. The van der Waals surface area contributed by atoms with E-state index in [4.69, 9.17) is 0 Å². The molecule has 1 aliphatic heterocycles. The SMILES string of the molecule is CC1(C)c2cc(-c3cc4ccccc4c4ccccc34)ccc2-n2c3ccc(-c4cc5ccccc5c5ccccc45)cc3c3cc(-c4cc5ccccc5c5ccccc45)cc1c32. The molecule has 0 unspecified atom stereocenters. The lowest BCUT2D eigenvalue weighted by Gasteiger charge is -2.35. The van der Waals surface area contributed by atoms with Gasteiger partial charge in [0.05, 0.1) is 16.7 Å². The van der Waals surface area contributed by atoms with Crippen LogP contribution in [0.2, 0.25) is 0 Å². The summed E-state index contributed by atoms with van der Waals surface area (Å²) in [7, 11) is 0. The Hall–Kier alpha value is -8.00. The van der Waals surface area contributed by atoms with Crippen molar-refractivity contribution in [3.63, 3.8) is 0 Å². The van der Waals surface area contributed by atoms with Gasteiger partial charge in [-0.15, -0.1) is 0 Å². The first-order valence-electron chi connectivity index (χ1n) is 22.5. The maximum atomic E-state index is 2.58. The Labute approximate surface area is 371 Å². The lowest BCUT2D eigenvalue weighted by Crippen LogP contribution is -2.26. The zero-order valence-corrected chi connectivity index (χ0v) is 35.7. The highest BCUT2D eigenvalue weighted by molar-refractivity contribution is 6.20. The predicted octanol–water partition coefficient (Wildman–Crippen LogP) is 17.3. The van der Waals surface area contributed by atoms with Crippen molar-refractivity contribution in [1.82, 2.24) is 4.57 Å². The number of aromatic nitrogens is 1. The fourth-order valence-electron chi connectivity index (χ4n) is 11.6. The first kappa shape index (κ1) is 35.6. The molecule has 298 valence electrons. The van der Waals surface area contributed by atoms with Crippen LogP contribution in [0.3, 0.4) is 0 Å². The molecule has 1 aromatic heterocycles. The fraction of sp³-hybridized carbons (Fsp3) is 0.0476. The number of hydrogen-bond acceptors (Lipinski definition) is 0. The van der Waals surface area contributed by atoms with E-state index < -0.39 is 0 Å². The van der Waals surface area contributed by atoms with Gasteiger partial charge in [-0.1, -0.05) is 172 Å². The van der Waals surface area contributed by atoms with Crippen LogP contribution in [0.15, 0.2) is 212 Å². The Balaban J connectivity index is 1.08. The Bertz CT molecular complexity index is 4160. The molecule has 0 amide bonds. The molecule has 0 saturated carbocycles. The van der Waals surface area contributed by atoms with Gasteiger partial charge in [0.1, 0.15) is 0 Å². The molecule has 1 aliphatic rings. The van der Waals surface area contributed by atoms with Gasteiger partial charge in [0, 0.05) is 16.2 Å². The molecule has 2 heterocycles. The average Bonchev–Trinajstić information content (AvgIpc) is 3.68. The van der Waals surface area contributed by atoms with E-state index in [1.165, 1.54) is 137 Å². The molecule has 14 rings (SSSR count). The Morgan fingerprint density at radius 1 is 0.297 bits per heavy atom. The molecule has 64 heavy (non-hydrogen) atoms. The van der Waals surface area contributed by atoms with Gasteiger partial charge in [-0.25, -0.2) is 0 Å². The molecule has 12 aromatic carbocycles. The predicted molar refractivity (Wildman–Crippen MR) is 274 cm³/mol. The summed E-state index contributed by atoms with van der Waals surface area (Å²) in [5.41, 5.74) is 13.7. The molecule has 0 fully saturated rings. The normalized spacial score (nSPS) is 13.3. The minimum atomic E-state index is -0.319. The van der Waals surface area contributed by atoms with Gasteiger partial charge in [0.15, 0.2) is 0 Å². The van der Waals surface area contributed by atoms with Crippen molar-refractivity contribution < 1.29 is 0 Å². The van der Waals surface area contributed by atoms with Crippen LogP contribution >= 0.6 is 0 Å². The summed E-state index contributed by atoms with van der Waals surface area (Å²) >= 11 is 0. The maximum absolute atomic E-state index is 2.58. The molecule has 1 nitrogen and oxygen atoms in total. The van der Waals surface area contributed by atoms with Gasteiger partial charge in [-0.2, -0.15) is 0 Å². The highest BCUT2D eigenvalue weighted by Crippen LogP contribution is 2.52. The Morgan fingerprint density at radius 2 is 0.688 bits per heavy atom. The standard InChI is InChI=1S/C63H41N/c1-63(2)58-36-42(54-32-39-16-4-7-19-45(39)48-22-10-13-25-51(48)54)28-30-61(58)64-60-29-27-41(53-31-38-15-3-6-18-44(38)47-21-9-12-24-50(47)53)34-56(60)57-35-43(37-59(63)62(57)64)55-33-40-17-5-8-20-46(40)49-23-11-14-26-52(49)55/h3-37H,1-2H3. The maximum Gasteiger partial charge on any atom is 0.0582 e. The minimum Gasteiger partial charge on any atom is -0.309 e. The number of benzene rings is 12. The zero-order chi connectivity index (χ0) is 42.3. The second kappa shape index (κ2) is 13.0. The van der Waals surface area contributed by atoms with E-state index >= 15 is 0 Å². The van der Waals surface area contributed by atoms with Crippen LogP contribution in [0.4, 0.5) is 0 Å². The molecule has 13 aromatic rings. The first-order chi connectivity index (χ1) is 31.5. The fourth-order valence-corrected chi connectivity index (χ4v) is 11.6. The number of nitrogens with zero attached hydrogens (tertiary/aromatic N) is 1. The van der Waals surface area contributed by atoms with E-state index in [0.717, 1.165) is 0 Å². The third kappa shape index (κ3) is 4.90. The number of fused-ring (bicyclic) bond motifs is 14. The van der Waals surface area contributed by atoms with Crippen LogP contribution in [0, 0.1) is 0 Å². The topological polar surface area (TPSA) is 4.93 Å². The van der Waals surface area contributed by atoms with Crippen LogP contribution in [-0.4, -0.2) is 4.57 Å². The molecule has 0 saturated heterocycles. The average molecular weight is 812 g/mol. The van der Waals surface area contributed by atoms with E-state index in [9.17, 15) is 0 Å². The summed E-state index contributed by atoms with van der Waals surface area (Å²) in [6.45, 7) is 4.89. The summed E-state index contributed by atoms with van der Waals surface area (Å²) in [5.74, 6) is 0. The Kier molecular flexibility index (Phi) is 7.24. The summed E-state index contributed by atoms with van der Waals surface area (Å²) in [6.07, 6.45) is 0. The monoisotopic (exact) mass is 811 g/mol. The molecule has 1 heteroatoms. The van der Waals surface area contributed by atoms with Crippen molar-refractivity contribution in [2.75, 3.05) is 0 Å². The number of hydrogen-bond donors (Lipinski definition) is 0. The summed E-state index contributed by atoms with van der Waals surface area (Å²) < 4.78 is 2.58. The molecule has 0 atom stereocenters. The van der Waals surface area contributed by atoms with Crippen LogP contribution in [-0.2, 0) is 5.41 Å². The lowest BCUT2D eigenvalue weighted by molar-refractivity contribution is 0.630. The van der Waals surface area contributed by atoms with Crippen molar-refractivity contribution >= 4 is 86.4 Å². The van der Waals surface area contributed by atoms with Crippen LogP contribution < -0.4 is 0 Å². The summed E-state index contributed by atoms with van der Waals surface area (Å²) in [6, 6.07) is 79.9. The number of rotatable bonds is 3. The highest BCUT2D eigenvalue weighted by atomic mass is 15.0. The van der Waals surface area contributed by atoms with Crippen LogP contribution in [0.5, 0.6) is 0 Å². The molecular formula is C63H41N. The van der Waals surface area contributed by atoms with Crippen LogP contribution in [0.25, 0.3) is 126 Å². The van der Waals surface area contributed by atoms with Crippen molar-refractivity contribution in [2.24, 2.45) is 0 Å². The van der Waals surface area contributed by atoms with E-state index in [-0.39, 0.29) is 5.41 Å². The smallest absolute Gasteiger partial charge is 0.0582 e. The largest absolute Gasteiger partial charge is 0.309 e. The van der Waals surface area contributed by atoms with Gasteiger partial charge in [-0.3, -0.25) is 0 Å². The molecule has 0 aliphatic carbocycles. The molecular weight excluding hydrogens is 771 g/mol. The van der Waals surface area contributed by atoms with Gasteiger partial charge >= 0.3 is 0 Å². The second-order valence-corrected chi connectivity index (χ2v) is 18.4. The van der Waals surface area contributed by atoms with E-state index in [0.29, 0.717) is 0 Å². The minimum absolute atomic E-state index is 0.319. The first-order valence-corrected chi connectivity index (χ1v) is 22.5. The Morgan fingerprint density at radius 3 is 1.20 bits per heavy atom. The van der Waals surface area contributed by atoms with E-state index in [1.54, 1.807) is 0 Å². The zero-order valence-electron chi connectivity index (χ0n) is 35.7. The van der Waals surface area contributed by atoms with E-state index in [1.807, 2.05) is 0 Å². The third-order valence-corrected chi connectivity index (χ3v) is 14.7. The highest BCUT2D eigenvalue weighted by Gasteiger charge is 2.36. The summed E-state index contributed by atoms with van der Waals surface area (Å²) in [4.78, 5) is 0. The van der Waals surface area contributed by atoms with Crippen LogP contribution in [0.1, 0.15) is 25.0 Å². The van der Waals surface area contributed by atoms with Crippen molar-refractivity contribution in [3.05, 3.63) is 223 Å². The molecule has 0 radical (unpaired) electrons. The van der Waals surface area contributed by atoms with Crippen molar-refractivity contribution in [1.29, 1.82) is 0 Å². The molecule has 0 N–H and O–H groups in total. The van der Waals surface area contributed by atoms with Gasteiger partial charge in [0.2, 0.25) is 0 Å². The molecule has 0 bridgehead atoms. The summed E-state index contributed by atoms with van der Waals surface area (Å²) in [5, 5.41) is 17.9. The molecule has 0 spiro atoms. The quantitative estimate of drug-likeness (QED) is 0.157. The van der Waals surface area contributed by atoms with E-state index in [2.05, 4.69) is 231 Å². The van der Waals surface area contributed by atoms with Crippen molar-refractivity contribution in [2.45, 2.75) is 19.3 Å². The van der Waals surface area contributed by atoms with Gasteiger partial charge in [0.25, 0.3) is 0 Å². The van der Waals surface area contributed by atoms with Gasteiger partial charge in [-0.05, 0) is 164 Å². The van der Waals surface area contributed by atoms with Gasteiger partial charge < -0.3 is 4.57 Å². The third-order valence-electron chi connectivity index (χ3n) is 14.7. The van der Waals surface area contributed by atoms with Crippen molar-refractivity contribution in [3.8, 4) is 39.1 Å². The second-order valence-electron chi connectivity index (χ2n) is 18.4.